The van der Waals surface area contributed by atoms with Gasteiger partial charge in [0.2, 0.25) is 0 Å². The van der Waals surface area contributed by atoms with E-state index in [2.05, 4.69) is 0 Å². The van der Waals surface area contributed by atoms with Gasteiger partial charge >= 0.3 is 37.1 Å². The minimum Gasteiger partial charge on any atom is -0.170 e. The Kier molecular flexibility index (Phi) is 6.85. The molecule has 29 heavy (non-hydrogen) atoms. The molecule has 0 saturated heterocycles. The van der Waals surface area contributed by atoms with Crippen molar-refractivity contribution in [3.63, 3.8) is 0 Å². The molecule has 0 aromatic rings. The SMILES string of the molecule is FC(F)(F)C(CCCC(C(F)(F)F)(C(F)(F)F)C(F)(F)F)(C(F)(F)F)C(F)(F)F. The third-order valence-electron chi connectivity index (χ3n) is 4.01. The van der Waals surface area contributed by atoms with Crippen molar-refractivity contribution in [2.75, 3.05) is 0 Å². The summed E-state index contributed by atoms with van der Waals surface area (Å²) in [6.07, 6.45) is -54.3. The molecule has 0 N–H and O–H groups in total. The highest BCUT2D eigenvalue weighted by molar-refractivity contribution is 5.02. The first-order valence-electron chi connectivity index (χ1n) is 6.61. The van der Waals surface area contributed by atoms with Gasteiger partial charge < -0.3 is 0 Å². The second kappa shape index (κ2) is 7.16. The lowest BCUT2D eigenvalue weighted by Gasteiger charge is -2.41. The van der Waals surface area contributed by atoms with Crippen molar-refractivity contribution < 1.29 is 79.0 Å². The Balaban J connectivity index is 6.44. The van der Waals surface area contributed by atoms with E-state index in [1.54, 1.807) is 0 Å². The van der Waals surface area contributed by atoms with E-state index in [9.17, 15) is 79.0 Å². The van der Waals surface area contributed by atoms with E-state index < -0.39 is 67.2 Å². The number of alkyl halides is 18. The molecule has 0 aromatic carbocycles. The quantitative estimate of drug-likeness (QED) is 0.366. The first-order chi connectivity index (χ1) is 12.2. The van der Waals surface area contributed by atoms with E-state index in [0.29, 0.717) is 0 Å². The molecule has 0 heterocycles. The van der Waals surface area contributed by atoms with Crippen molar-refractivity contribution in [2.45, 2.75) is 56.3 Å². The maximum atomic E-state index is 12.6. The van der Waals surface area contributed by atoms with Crippen LogP contribution in [-0.2, 0) is 0 Å². The maximum Gasteiger partial charge on any atom is 0.412 e. The highest BCUT2D eigenvalue weighted by Crippen LogP contribution is 2.65. The lowest BCUT2D eigenvalue weighted by Crippen LogP contribution is -2.61. The summed E-state index contributed by atoms with van der Waals surface area (Å²) in [7, 11) is 0. The third kappa shape index (κ3) is 4.44. The monoisotopic (exact) mass is 480 g/mol. The summed E-state index contributed by atoms with van der Waals surface area (Å²) >= 11 is 0. The average molecular weight is 480 g/mol. The highest BCUT2D eigenvalue weighted by Gasteiger charge is 2.85. The predicted molar refractivity (Wildman–Crippen MR) is 55.0 cm³/mol. The van der Waals surface area contributed by atoms with Gasteiger partial charge in [-0.25, -0.2) is 0 Å². The molecule has 176 valence electrons. The van der Waals surface area contributed by atoms with Crippen LogP contribution in [0.15, 0.2) is 0 Å². The zero-order valence-corrected chi connectivity index (χ0v) is 12.9. The number of halogens is 18. The number of hydrogen-bond acceptors (Lipinski definition) is 0. The summed E-state index contributed by atoms with van der Waals surface area (Å²) in [5.74, 6) is 0. The Morgan fingerprint density at radius 1 is 0.276 bits per heavy atom. The Labute approximate surface area is 147 Å². The van der Waals surface area contributed by atoms with Gasteiger partial charge in [0.15, 0.2) is 0 Å². The fraction of sp³-hybridized carbons (Fsp3) is 1.00. The Morgan fingerprint density at radius 2 is 0.414 bits per heavy atom. The largest absolute Gasteiger partial charge is 0.412 e. The van der Waals surface area contributed by atoms with Gasteiger partial charge in [0.05, 0.1) is 0 Å². The Bertz CT molecular complexity index is 423. The first-order valence-corrected chi connectivity index (χ1v) is 6.61. The predicted octanol–water partition coefficient (Wildman–Crippen LogP) is 7.50. The van der Waals surface area contributed by atoms with Crippen LogP contribution >= 0.6 is 0 Å². The van der Waals surface area contributed by atoms with Crippen LogP contribution in [0.1, 0.15) is 19.3 Å². The van der Waals surface area contributed by atoms with E-state index in [4.69, 9.17) is 0 Å². The second-order valence-corrected chi connectivity index (χ2v) is 5.65. The fourth-order valence-corrected chi connectivity index (χ4v) is 2.43. The van der Waals surface area contributed by atoms with Crippen LogP contribution in [0.5, 0.6) is 0 Å². The maximum absolute atomic E-state index is 12.6. The molecule has 0 radical (unpaired) electrons. The van der Waals surface area contributed by atoms with E-state index in [0.717, 1.165) is 0 Å². The molecule has 18 heteroatoms. The highest BCUT2D eigenvalue weighted by atomic mass is 19.4. The van der Waals surface area contributed by atoms with E-state index in [1.165, 1.54) is 0 Å². The zero-order chi connectivity index (χ0) is 24.1. The summed E-state index contributed by atoms with van der Waals surface area (Å²) in [5.41, 5.74) is -13.7. The van der Waals surface area contributed by atoms with Crippen LogP contribution in [0.3, 0.4) is 0 Å². The Morgan fingerprint density at radius 3 is 0.517 bits per heavy atom. The van der Waals surface area contributed by atoms with Gasteiger partial charge in [-0.1, -0.05) is 6.42 Å². The normalized spacial score (nSPS) is 16.3. The van der Waals surface area contributed by atoms with Crippen LogP contribution in [-0.4, -0.2) is 37.1 Å². The molecule has 0 spiro atoms. The molecule has 0 fully saturated rings. The number of hydrogen-bond donors (Lipinski definition) is 0. The molecular weight excluding hydrogens is 474 g/mol. The molecule has 0 unspecified atom stereocenters. The molecule has 0 rings (SSSR count). The third-order valence-corrected chi connectivity index (χ3v) is 4.01. The van der Waals surface area contributed by atoms with Crippen molar-refractivity contribution >= 4 is 0 Å². The first kappa shape index (κ1) is 27.7. The van der Waals surface area contributed by atoms with Crippen molar-refractivity contribution in [2.24, 2.45) is 10.8 Å². The molecule has 0 nitrogen and oxygen atoms in total. The minimum atomic E-state index is -7.35. The van der Waals surface area contributed by atoms with Crippen LogP contribution in [0, 0.1) is 10.8 Å². The molecule has 0 aliphatic carbocycles. The van der Waals surface area contributed by atoms with Crippen molar-refractivity contribution in [3.8, 4) is 0 Å². The van der Waals surface area contributed by atoms with Crippen LogP contribution in [0.2, 0.25) is 0 Å². The smallest absolute Gasteiger partial charge is 0.170 e. The molecule has 0 aliphatic heterocycles. The Hall–Kier alpha value is -1.26. The molecule has 0 aromatic heterocycles. The van der Waals surface area contributed by atoms with Crippen LogP contribution in [0.4, 0.5) is 79.0 Å². The standard InChI is InChI=1S/C11H6F18/c12-6(13,14)4(7(15,16)17,8(18,19)20)2-1-3-5(9(21,22)23,10(24,25)26)11(27,28)29/h1-3H2. The molecule has 0 atom stereocenters. The second-order valence-electron chi connectivity index (χ2n) is 5.65. The molecular formula is C11H6F18. The van der Waals surface area contributed by atoms with E-state index >= 15 is 0 Å². The summed E-state index contributed by atoms with van der Waals surface area (Å²) in [6.45, 7) is 0. The molecule has 0 saturated carbocycles. The fourth-order valence-electron chi connectivity index (χ4n) is 2.43. The van der Waals surface area contributed by atoms with Crippen molar-refractivity contribution in [3.05, 3.63) is 0 Å². The summed E-state index contributed by atoms with van der Waals surface area (Å²) < 4.78 is 226. The average Bonchev–Trinajstić information content (AvgIpc) is 2.27. The molecule has 0 amide bonds. The van der Waals surface area contributed by atoms with Crippen LogP contribution < -0.4 is 0 Å². The van der Waals surface area contributed by atoms with Gasteiger partial charge in [0.25, 0.3) is 10.8 Å². The minimum absolute atomic E-state index is 3.03. The van der Waals surface area contributed by atoms with Gasteiger partial charge in [-0.2, -0.15) is 79.0 Å². The lowest BCUT2D eigenvalue weighted by atomic mass is 9.75. The topological polar surface area (TPSA) is 0 Å². The van der Waals surface area contributed by atoms with Crippen molar-refractivity contribution in [1.29, 1.82) is 0 Å². The molecule has 0 aliphatic rings. The summed E-state index contributed by atoms with van der Waals surface area (Å²) in [4.78, 5) is 0. The molecule has 0 bridgehead atoms. The summed E-state index contributed by atoms with van der Waals surface area (Å²) in [5, 5.41) is 0. The van der Waals surface area contributed by atoms with Gasteiger partial charge in [-0.15, -0.1) is 0 Å². The van der Waals surface area contributed by atoms with E-state index in [1.807, 2.05) is 0 Å². The van der Waals surface area contributed by atoms with Gasteiger partial charge in [0, 0.05) is 0 Å². The summed E-state index contributed by atoms with van der Waals surface area (Å²) in [6, 6.07) is 0. The lowest BCUT2D eigenvalue weighted by molar-refractivity contribution is -0.436. The van der Waals surface area contributed by atoms with Gasteiger partial charge in [-0.3, -0.25) is 0 Å². The number of rotatable bonds is 4. The van der Waals surface area contributed by atoms with Gasteiger partial charge in [-0.05, 0) is 12.8 Å². The van der Waals surface area contributed by atoms with Crippen molar-refractivity contribution in [1.82, 2.24) is 0 Å². The van der Waals surface area contributed by atoms with Gasteiger partial charge in [0.1, 0.15) is 0 Å². The van der Waals surface area contributed by atoms with E-state index in [-0.39, 0.29) is 0 Å². The van der Waals surface area contributed by atoms with Crippen LogP contribution in [0.25, 0.3) is 0 Å². The zero-order valence-electron chi connectivity index (χ0n) is 12.9.